The smallest absolute Gasteiger partial charge is 0.121 e. The third-order valence-electron chi connectivity index (χ3n) is 2.94. The maximum atomic E-state index is 5.70. The summed E-state index contributed by atoms with van der Waals surface area (Å²) in [7, 11) is 0. The topological polar surface area (TPSA) is 28.4 Å². The Morgan fingerprint density at radius 2 is 2.20 bits per heavy atom. The van der Waals surface area contributed by atoms with Gasteiger partial charge in [0.2, 0.25) is 0 Å². The highest BCUT2D eigenvalue weighted by Crippen LogP contribution is 2.16. The van der Waals surface area contributed by atoms with E-state index >= 15 is 0 Å². The molecule has 3 nitrogen and oxygen atoms in total. The molecular formula is C12H20N2O. The van der Waals surface area contributed by atoms with Crippen molar-refractivity contribution < 1.29 is 4.42 Å². The number of nitrogens with zero attached hydrogens (tertiary/aromatic N) is 1. The summed E-state index contributed by atoms with van der Waals surface area (Å²) in [6.07, 6.45) is 1.23. The molecule has 1 fully saturated rings. The van der Waals surface area contributed by atoms with E-state index in [4.69, 9.17) is 4.42 Å². The van der Waals surface area contributed by atoms with Gasteiger partial charge in [-0.25, -0.2) is 0 Å². The molecule has 0 saturated carbocycles. The highest BCUT2D eigenvalue weighted by Gasteiger charge is 2.12. The van der Waals surface area contributed by atoms with Gasteiger partial charge in [-0.15, -0.1) is 0 Å². The van der Waals surface area contributed by atoms with Gasteiger partial charge in [0, 0.05) is 13.1 Å². The van der Waals surface area contributed by atoms with Crippen LogP contribution < -0.4 is 5.32 Å². The molecule has 1 aliphatic rings. The quantitative estimate of drug-likeness (QED) is 0.801. The molecule has 1 aliphatic heterocycles. The van der Waals surface area contributed by atoms with Crippen LogP contribution in [0.3, 0.4) is 0 Å². The molecule has 0 aromatic carbocycles. The van der Waals surface area contributed by atoms with Gasteiger partial charge in [-0.05, 0) is 45.0 Å². The fraction of sp³-hybridized carbons (Fsp3) is 0.667. The number of hydrogen-bond acceptors (Lipinski definition) is 3. The summed E-state index contributed by atoms with van der Waals surface area (Å²) in [5.41, 5.74) is 1.28. The zero-order chi connectivity index (χ0) is 10.7. The lowest BCUT2D eigenvalue weighted by Crippen LogP contribution is -2.27. The molecule has 1 N–H and O–H groups in total. The molecule has 1 aromatic rings. The summed E-state index contributed by atoms with van der Waals surface area (Å²) in [5.74, 6) is 2.16. The minimum atomic E-state index is 0.960. The van der Waals surface area contributed by atoms with Crippen LogP contribution in [0.25, 0.3) is 0 Å². The summed E-state index contributed by atoms with van der Waals surface area (Å²) in [4.78, 5) is 2.46. The lowest BCUT2D eigenvalue weighted by atomic mass is 10.2. The number of furan rings is 1. The molecule has 0 amide bonds. The van der Waals surface area contributed by atoms with Gasteiger partial charge in [-0.2, -0.15) is 0 Å². The monoisotopic (exact) mass is 208 g/mol. The zero-order valence-electron chi connectivity index (χ0n) is 9.68. The van der Waals surface area contributed by atoms with Gasteiger partial charge in [0.25, 0.3) is 0 Å². The Morgan fingerprint density at radius 3 is 2.93 bits per heavy atom. The Morgan fingerprint density at radius 1 is 1.33 bits per heavy atom. The molecular weight excluding hydrogens is 188 g/mol. The zero-order valence-corrected chi connectivity index (χ0v) is 9.68. The van der Waals surface area contributed by atoms with Crippen molar-refractivity contribution in [3.8, 4) is 0 Å². The van der Waals surface area contributed by atoms with Crippen molar-refractivity contribution in [2.75, 3.05) is 26.2 Å². The fourth-order valence-corrected chi connectivity index (χ4v) is 2.11. The van der Waals surface area contributed by atoms with Crippen LogP contribution in [0.15, 0.2) is 10.5 Å². The van der Waals surface area contributed by atoms with Crippen LogP contribution in [0, 0.1) is 13.8 Å². The minimum absolute atomic E-state index is 0.960. The summed E-state index contributed by atoms with van der Waals surface area (Å²) in [6, 6.07) is 2.12. The Balaban J connectivity index is 1.97. The van der Waals surface area contributed by atoms with E-state index < -0.39 is 0 Å². The second kappa shape index (κ2) is 4.81. The Labute approximate surface area is 91.4 Å². The van der Waals surface area contributed by atoms with Gasteiger partial charge in [0.15, 0.2) is 0 Å². The molecule has 0 bridgehead atoms. The van der Waals surface area contributed by atoms with Crippen LogP contribution in [0.2, 0.25) is 0 Å². The first-order valence-corrected chi connectivity index (χ1v) is 5.74. The predicted molar refractivity (Wildman–Crippen MR) is 60.9 cm³/mol. The van der Waals surface area contributed by atoms with E-state index in [0.29, 0.717) is 0 Å². The molecule has 0 radical (unpaired) electrons. The van der Waals surface area contributed by atoms with Crippen LogP contribution in [-0.4, -0.2) is 31.1 Å². The molecule has 84 valence electrons. The van der Waals surface area contributed by atoms with Gasteiger partial charge in [-0.3, -0.25) is 4.90 Å². The molecule has 1 saturated heterocycles. The number of rotatable bonds is 2. The third kappa shape index (κ3) is 2.83. The van der Waals surface area contributed by atoms with E-state index in [1.165, 1.54) is 18.5 Å². The van der Waals surface area contributed by atoms with Crippen LogP contribution in [-0.2, 0) is 6.54 Å². The molecule has 0 atom stereocenters. The van der Waals surface area contributed by atoms with Crippen molar-refractivity contribution in [1.82, 2.24) is 10.2 Å². The van der Waals surface area contributed by atoms with Crippen molar-refractivity contribution in [1.29, 1.82) is 0 Å². The van der Waals surface area contributed by atoms with Crippen LogP contribution in [0.1, 0.15) is 23.5 Å². The largest absolute Gasteiger partial charge is 0.465 e. The molecule has 3 heteroatoms. The summed E-state index contributed by atoms with van der Waals surface area (Å²) >= 11 is 0. The Bertz CT molecular complexity index is 311. The minimum Gasteiger partial charge on any atom is -0.465 e. The molecule has 2 rings (SSSR count). The maximum Gasteiger partial charge on any atom is 0.121 e. The summed E-state index contributed by atoms with van der Waals surface area (Å²) < 4.78 is 5.70. The van der Waals surface area contributed by atoms with E-state index in [2.05, 4.69) is 23.2 Å². The molecule has 0 spiro atoms. The molecule has 15 heavy (non-hydrogen) atoms. The first-order valence-electron chi connectivity index (χ1n) is 5.74. The number of aryl methyl sites for hydroxylation is 2. The lowest BCUT2D eigenvalue weighted by molar-refractivity contribution is 0.257. The lowest BCUT2D eigenvalue weighted by Gasteiger charge is -2.18. The van der Waals surface area contributed by atoms with Crippen molar-refractivity contribution in [3.05, 3.63) is 23.2 Å². The van der Waals surface area contributed by atoms with Gasteiger partial charge >= 0.3 is 0 Å². The van der Waals surface area contributed by atoms with Crippen LogP contribution >= 0.6 is 0 Å². The van der Waals surface area contributed by atoms with E-state index in [9.17, 15) is 0 Å². The second-order valence-electron chi connectivity index (χ2n) is 4.34. The highest BCUT2D eigenvalue weighted by atomic mass is 16.3. The maximum absolute atomic E-state index is 5.70. The molecule has 1 aromatic heterocycles. The second-order valence-corrected chi connectivity index (χ2v) is 4.34. The Hall–Kier alpha value is -0.800. The number of hydrogen-bond donors (Lipinski definition) is 1. The van der Waals surface area contributed by atoms with Crippen LogP contribution in [0.4, 0.5) is 0 Å². The summed E-state index contributed by atoms with van der Waals surface area (Å²) in [6.45, 7) is 9.64. The highest BCUT2D eigenvalue weighted by molar-refractivity contribution is 5.19. The molecule has 2 heterocycles. The predicted octanol–water partition coefficient (Wildman–Crippen LogP) is 1.69. The van der Waals surface area contributed by atoms with Crippen molar-refractivity contribution in [3.63, 3.8) is 0 Å². The van der Waals surface area contributed by atoms with E-state index in [1.54, 1.807) is 0 Å². The van der Waals surface area contributed by atoms with Crippen LogP contribution in [0.5, 0.6) is 0 Å². The van der Waals surface area contributed by atoms with Crippen molar-refractivity contribution in [2.45, 2.75) is 26.8 Å². The SMILES string of the molecule is Cc1cc(C)c(CN2CCCNCC2)o1. The van der Waals surface area contributed by atoms with Gasteiger partial charge in [-0.1, -0.05) is 0 Å². The molecule has 0 unspecified atom stereocenters. The normalized spacial score (nSPS) is 19.1. The first-order chi connectivity index (χ1) is 7.25. The van der Waals surface area contributed by atoms with Crippen molar-refractivity contribution >= 4 is 0 Å². The Kier molecular flexibility index (Phi) is 3.44. The van der Waals surface area contributed by atoms with Gasteiger partial charge in [0.05, 0.1) is 6.54 Å². The third-order valence-corrected chi connectivity index (χ3v) is 2.94. The standard InChI is InChI=1S/C12H20N2O/c1-10-8-11(2)15-12(10)9-14-6-3-4-13-5-7-14/h8,13H,3-7,9H2,1-2H3. The molecule has 0 aliphatic carbocycles. The average molecular weight is 208 g/mol. The number of nitrogens with one attached hydrogen (secondary N) is 1. The van der Waals surface area contributed by atoms with Gasteiger partial charge < -0.3 is 9.73 Å². The van der Waals surface area contributed by atoms with E-state index in [-0.39, 0.29) is 0 Å². The average Bonchev–Trinajstić information content (AvgIpc) is 2.44. The summed E-state index contributed by atoms with van der Waals surface area (Å²) in [5, 5.41) is 3.41. The first kappa shape index (κ1) is 10.7. The van der Waals surface area contributed by atoms with E-state index in [0.717, 1.165) is 37.7 Å². The fourth-order valence-electron chi connectivity index (χ4n) is 2.11. The van der Waals surface area contributed by atoms with Gasteiger partial charge in [0.1, 0.15) is 11.5 Å². The van der Waals surface area contributed by atoms with E-state index in [1.807, 2.05) is 6.92 Å². The van der Waals surface area contributed by atoms with Crippen molar-refractivity contribution in [2.24, 2.45) is 0 Å².